The van der Waals surface area contributed by atoms with Crippen LogP contribution in [0.1, 0.15) is 57.5 Å². The number of benzene rings is 5. The van der Waals surface area contributed by atoms with E-state index in [0.29, 0.717) is 17.1 Å². The molecule has 6 rings (SSSR count). The molecule has 0 aromatic heterocycles. The fraction of sp³-hybridized carbons (Fsp3) is 0.250. The van der Waals surface area contributed by atoms with Gasteiger partial charge in [0.2, 0.25) is 0 Å². The first-order valence-electron chi connectivity index (χ1n) is 18.0. The number of carbonyl (C=O) groups excluding carboxylic acids is 2. The van der Waals surface area contributed by atoms with Crippen LogP contribution in [0.2, 0.25) is 0 Å². The number of esters is 1. The van der Waals surface area contributed by atoms with Crippen molar-refractivity contribution in [1.82, 2.24) is 10.6 Å². The van der Waals surface area contributed by atoms with Gasteiger partial charge in [-0.25, -0.2) is 14.4 Å². The molecule has 1 saturated heterocycles. The molecule has 1 heterocycles. The van der Waals surface area contributed by atoms with Crippen LogP contribution in [0.3, 0.4) is 0 Å². The van der Waals surface area contributed by atoms with E-state index in [-0.39, 0.29) is 36.8 Å². The summed E-state index contributed by atoms with van der Waals surface area (Å²) in [6.45, 7) is 2.27. The number of aliphatic hydroxyl groups excluding tert-OH is 1. The minimum atomic E-state index is -0.973. The number of thioether (sulfide) groups is 1. The molecule has 1 fully saturated rings. The second kappa shape index (κ2) is 18.7. The van der Waals surface area contributed by atoms with E-state index >= 15 is 0 Å². The van der Waals surface area contributed by atoms with Crippen molar-refractivity contribution in [3.05, 3.63) is 161 Å². The van der Waals surface area contributed by atoms with E-state index in [2.05, 4.69) is 17.6 Å². The number of aliphatic hydroxyl groups is 1. The minimum absolute atomic E-state index is 0.0525. The number of ether oxygens (including phenoxy) is 3. The van der Waals surface area contributed by atoms with Crippen LogP contribution in [0, 0.1) is 5.92 Å². The Kier molecular flexibility index (Phi) is 13.4. The lowest BCUT2D eigenvalue weighted by Gasteiger charge is -2.41. The van der Waals surface area contributed by atoms with Gasteiger partial charge in [-0.05, 0) is 51.6 Å². The Balaban J connectivity index is 1.14. The molecule has 0 unspecified atom stereocenters. The maximum atomic E-state index is 12.8. The second-order valence-electron chi connectivity index (χ2n) is 13.3. The molecule has 0 bridgehead atoms. The Morgan fingerprint density at radius 1 is 0.782 bits per heavy atom. The highest BCUT2D eigenvalue weighted by atomic mass is 32.2. The van der Waals surface area contributed by atoms with Crippen LogP contribution in [0.25, 0.3) is 11.1 Å². The van der Waals surface area contributed by atoms with Crippen molar-refractivity contribution in [3.63, 3.8) is 0 Å². The van der Waals surface area contributed by atoms with Gasteiger partial charge in [0.05, 0.1) is 31.5 Å². The molecule has 0 radical (unpaired) electrons. The molecule has 5 aromatic carbocycles. The predicted molar refractivity (Wildman–Crippen MR) is 210 cm³/mol. The molecule has 5 aromatic rings. The fourth-order valence-corrected chi connectivity index (χ4v) is 7.73. The van der Waals surface area contributed by atoms with Gasteiger partial charge in [0.1, 0.15) is 6.04 Å². The smallest absolute Gasteiger partial charge is 0.336 e. The highest BCUT2D eigenvalue weighted by Gasteiger charge is 2.38. The number of hydrogen-bond acceptors (Lipinski definition) is 8. The SMILES string of the molecule is COC(=O)[C@H](Cc1ccccc1)NC(=O)NCc1cccc(-c2ccc([C@H]3O[C@@H](CSc4ccccc4C(=O)O)[C@@H](C)[C@@H](c4ccc(CO)cc4)O3)cc2)c1. The van der Waals surface area contributed by atoms with E-state index < -0.39 is 30.3 Å². The molecule has 11 heteroatoms. The van der Waals surface area contributed by atoms with Crippen molar-refractivity contribution >= 4 is 29.7 Å². The van der Waals surface area contributed by atoms with Crippen molar-refractivity contribution in [2.75, 3.05) is 12.9 Å². The third-order valence-electron chi connectivity index (χ3n) is 9.61. The van der Waals surface area contributed by atoms with Crippen molar-refractivity contribution in [1.29, 1.82) is 0 Å². The number of carboxylic acid groups (broad SMARTS) is 1. The molecule has 0 saturated carbocycles. The number of methoxy groups -OCH3 is 1. The van der Waals surface area contributed by atoms with Crippen LogP contribution in [-0.4, -0.2) is 53.2 Å². The summed E-state index contributed by atoms with van der Waals surface area (Å²) in [7, 11) is 1.30. The zero-order chi connectivity index (χ0) is 38.7. The van der Waals surface area contributed by atoms with Crippen LogP contribution in [-0.2, 0) is 38.6 Å². The molecule has 1 aliphatic heterocycles. The van der Waals surface area contributed by atoms with Crippen LogP contribution in [0.4, 0.5) is 4.79 Å². The Morgan fingerprint density at radius 2 is 1.47 bits per heavy atom. The first kappa shape index (κ1) is 39.2. The van der Waals surface area contributed by atoms with Crippen molar-refractivity contribution in [2.45, 2.75) is 55.9 Å². The van der Waals surface area contributed by atoms with Gasteiger partial charge >= 0.3 is 18.0 Å². The Hall–Kier alpha value is -5.46. The van der Waals surface area contributed by atoms with E-state index in [9.17, 15) is 24.6 Å². The summed E-state index contributed by atoms with van der Waals surface area (Å²) in [6, 6.07) is 38.6. The maximum absolute atomic E-state index is 12.8. The standard InChI is InChI=1S/C44H44N2O8S/c1-28-38(27-55-39-14-7-6-13-36(39)41(48)49)53-43(54-40(28)33-17-15-30(26-47)16-18-33)34-21-19-32(20-22-34)35-12-8-11-31(23-35)25-45-44(51)46-37(42(50)52-2)24-29-9-4-3-5-10-29/h3-23,28,37-38,40,43,47H,24-27H2,1-2H3,(H,48,49)(H2,45,46,51)/t28-,37+,38+,40+,43+/m1/s1. The van der Waals surface area contributed by atoms with Gasteiger partial charge in [0.15, 0.2) is 6.29 Å². The van der Waals surface area contributed by atoms with E-state index in [1.807, 2.05) is 115 Å². The molecule has 55 heavy (non-hydrogen) atoms. The Morgan fingerprint density at radius 3 is 2.18 bits per heavy atom. The molecule has 2 amide bonds. The molecule has 10 nitrogen and oxygen atoms in total. The van der Waals surface area contributed by atoms with Gasteiger partial charge in [-0.2, -0.15) is 0 Å². The zero-order valence-corrected chi connectivity index (χ0v) is 31.4. The summed E-state index contributed by atoms with van der Waals surface area (Å²) in [5.74, 6) is -1.04. The van der Waals surface area contributed by atoms with E-state index in [1.54, 1.807) is 12.1 Å². The third-order valence-corrected chi connectivity index (χ3v) is 10.8. The minimum Gasteiger partial charge on any atom is -0.478 e. The largest absolute Gasteiger partial charge is 0.478 e. The van der Waals surface area contributed by atoms with Crippen molar-refractivity contribution < 1.29 is 38.8 Å². The summed E-state index contributed by atoms with van der Waals surface area (Å²) in [5, 5.41) is 24.9. The molecular formula is C44H44N2O8S. The monoisotopic (exact) mass is 760 g/mol. The van der Waals surface area contributed by atoms with Crippen LogP contribution in [0.15, 0.2) is 132 Å². The number of carbonyl (C=O) groups is 3. The van der Waals surface area contributed by atoms with E-state index in [0.717, 1.165) is 38.9 Å². The fourth-order valence-electron chi connectivity index (χ4n) is 6.52. The average molecular weight is 761 g/mol. The van der Waals surface area contributed by atoms with E-state index in [1.165, 1.54) is 18.9 Å². The molecule has 284 valence electrons. The highest BCUT2D eigenvalue weighted by Crippen LogP contribution is 2.43. The molecule has 1 aliphatic rings. The number of urea groups is 1. The van der Waals surface area contributed by atoms with Crippen LogP contribution < -0.4 is 10.6 Å². The molecule has 0 aliphatic carbocycles. The number of rotatable bonds is 14. The molecule has 5 atom stereocenters. The predicted octanol–water partition coefficient (Wildman–Crippen LogP) is 7.71. The summed E-state index contributed by atoms with van der Waals surface area (Å²) < 4.78 is 18.1. The number of amides is 2. The van der Waals surface area contributed by atoms with Crippen molar-refractivity contribution in [2.24, 2.45) is 5.92 Å². The molecule has 0 spiro atoms. The number of carboxylic acids is 1. The van der Waals surface area contributed by atoms with Gasteiger partial charge in [0.25, 0.3) is 0 Å². The van der Waals surface area contributed by atoms with Crippen LogP contribution >= 0.6 is 11.8 Å². The Labute approximate surface area is 324 Å². The lowest BCUT2D eigenvalue weighted by atomic mass is 9.91. The zero-order valence-electron chi connectivity index (χ0n) is 30.6. The topological polar surface area (TPSA) is 143 Å². The first-order chi connectivity index (χ1) is 26.7. The number of hydrogen-bond donors (Lipinski definition) is 4. The number of nitrogens with one attached hydrogen (secondary N) is 2. The van der Waals surface area contributed by atoms with Gasteiger partial charge in [-0.1, -0.05) is 116 Å². The normalized spacial score (nSPS) is 18.5. The van der Waals surface area contributed by atoms with Gasteiger partial charge in [0, 0.05) is 35.1 Å². The summed E-state index contributed by atoms with van der Waals surface area (Å²) in [5.41, 5.74) is 6.55. The maximum Gasteiger partial charge on any atom is 0.336 e. The van der Waals surface area contributed by atoms with Gasteiger partial charge < -0.3 is 35.1 Å². The van der Waals surface area contributed by atoms with Gasteiger partial charge in [-0.3, -0.25) is 0 Å². The summed E-state index contributed by atoms with van der Waals surface area (Å²) in [6.07, 6.45) is -0.954. The highest BCUT2D eigenvalue weighted by molar-refractivity contribution is 7.99. The van der Waals surface area contributed by atoms with Crippen LogP contribution in [0.5, 0.6) is 0 Å². The number of aromatic carboxylic acids is 1. The lowest BCUT2D eigenvalue weighted by molar-refractivity contribution is -0.268. The van der Waals surface area contributed by atoms with Gasteiger partial charge in [-0.15, -0.1) is 11.8 Å². The molecule has 4 N–H and O–H groups in total. The summed E-state index contributed by atoms with van der Waals surface area (Å²) in [4.78, 5) is 37.8. The third kappa shape index (κ3) is 10.2. The second-order valence-corrected chi connectivity index (χ2v) is 14.4. The summed E-state index contributed by atoms with van der Waals surface area (Å²) >= 11 is 1.45. The molecular weight excluding hydrogens is 717 g/mol. The van der Waals surface area contributed by atoms with E-state index in [4.69, 9.17) is 14.2 Å². The quantitative estimate of drug-likeness (QED) is 0.0661. The van der Waals surface area contributed by atoms with Crippen molar-refractivity contribution in [3.8, 4) is 11.1 Å². The first-order valence-corrected chi connectivity index (χ1v) is 19.0. The lowest BCUT2D eigenvalue weighted by Crippen LogP contribution is -2.47. The Bertz CT molecular complexity index is 2060. The average Bonchev–Trinajstić information content (AvgIpc) is 3.22.